The van der Waals surface area contributed by atoms with Crippen molar-refractivity contribution in [1.82, 2.24) is 4.98 Å². The first kappa shape index (κ1) is 14.5. The van der Waals surface area contributed by atoms with Crippen molar-refractivity contribution in [3.63, 3.8) is 0 Å². The summed E-state index contributed by atoms with van der Waals surface area (Å²) in [5, 5.41) is 2.82. The van der Waals surface area contributed by atoms with Crippen molar-refractivity contribution in [3.8, 4) is 0 Å². The lowest BCUT2D eigenvalue weighted by Gasteiger charge is -2.22. The first-order valence-corrected chi connectivity index (χ1v) is 7.48. The molecule has 1 unspecified atom stereocenters. The molecule has 0 aliphatic carbocycles. The molecule has 1 saturated heterocycles. The van der Waals surface area contributed by atoms with E-state index in [0.29, 0.717) is 12.2 Å². The maximum atomic E-state index is 11.8. The van der Waals surface area contributed by atoms with Gasteiger partial charge in [-0.2, -0.15) is 0 Å². The zero-order chi connectivity index (χ0) is 13.7. The molecule has 0 aromatic carbocycles. The van der Waals surface area contributed by atoms with E-state index in [9.17, 15) is 4.79 Å². The van der Waals surface area contributed by atoms with E-state index >= 15 is 0 Å². The van der Waals surface area contributed by atoms with Crippen LogP contribution in [0.3, 0.4) is 0 Å². The highest BCUT2D eigenvalue weighted by molar-refractivity contribution is 9.10. The number of aromatic nitrogens is 1. The highest BCUT2D eigenvalue weighted by Crippen LogP contribution is 2.19. The smallest absolute Gasteiger partial charge is 0.225 e. The Labute approximate surface area is 122 Å². The van der Waals surface area contributed by atoms with Crippen molar-refractivity contribution < 1.29 is 9.53 Å². The maximum absolute atomic E-state index is 11.8. The molecule has 1 aromatic heterocycles. The number of amides is 1. The molecule has 1 aliphatic rings. The van der Waals surface area contributed by atoms with E-state index in [1.807, 2.05) is 13.0 Å². The van der Waals surface area contributed by atoms with Crippen molar-refractivity contribution in [2.75, 3.05) is 11.9 Å². The Bertz CT molecular complexity index is 445. The van der Waals surface area contributed by atoms with Crippen LogP contribution in [0.15, 0.2) is 16.7 Å². The predicted octanol–water partition coefficient (Wildman–Crippen LogP) is 3.44. The van der Waals surface area contributed by atoms with Gasteiger partial charge in [-0.15, -0.1) is 0 Å². The molecular formula is C14H19BrN2O2. The first-order chi connectivity index (χ1) is 9.15. The summed E-state index contributed by atoms with van der Waals surface area (Å²) in [5.41, 5.74) is 1.06. The topological polar surface area (TPSA) is 51.2 Å². The molecule has 1 aromatic rings. The summed E-state index contributed by atoms with van der Waals surface area (Å²) in [6.07, 6.45) is 6.66. The van der Waals surface area contributed by atoms with Crippen LogP contribution in [0.2, 0.25) is 0 Å². The van der Waals surface area contributed by atoms with Gasteiger partial charge in [0.15, 0.2) is 0 Å². The van der Waals surface area contributed by atoms with Crippen LogP contribution in [0.25, 0.3) is 0 Å². The molecule has 1 atom stereocenters. The fourth-order valence-electron chi connectivity index (χ4n) is 2.14. The molecule has 1 amide bonds. The van der Waals surface area contributed by atoms with Crippen LogP contribution in [0.5, 0.6) is 0 Å². The fourth-order valence-corrected chi connectivity index (χ4v) is 2.36. The van der Waals surface area contributed by atoms with Crippen LogP contribution >= 0.6 is 15.9 Å². The maximum Gasteiger partial charge on any atom is 0.225 e. The third-order valence-corrected chi connectivity index (χ3v) is 4.11. The lowest BCUT2D eigenvalue weighted by molar-refractivity contribution is -0.117. The largest absolute Gasteiger partial charge is 0.378 e. The Balaban J connectivity index is 1.78. The number of anilines is 1. The Morgan fingerprint density at radius 1 is 1.58 bits per heavy atom. The quantitative estimate of drug-likeness (QED) is 0.922. The Hall–Kier alpha value is -0.940. The summed E-state index contributed by atoms with van der Waals surface area (Å²) in [6.45, 7) is 2.80. The van der Waals surface area contributed by atoms with Crippen molar-refractivity contribution >= 4 is 27.7 Å². The minimum Gasteiger partial charge on any atom is -0.378 e. The second-order valence-electron chi connectivity index (χ2n) is 4.89. The van der Waals surface area contributed by atoms with E-state index in [2.05, 4.69) is 26.2 Å². The van der Waals surface area contributed by atoms with Crippen LogP contribution < -0.4 is 5.32 Å². The fraction of sp³-hybridized carbons (Fsp3) is 0.571. The monoisotopic (exact) mass is 326 g/mol. The van der Waals surface area contributed by atoms with Crippen molar-refractivity contribution in [3.05, 3.63) is 22.3 Å². The standard InChI is InChI=1S/C14H19BrN2O2/c1-10-8-13(16-9-12(10)15)17-14(18)6-5-11-4-2-3-7-19-11/h8-9,11H,2-7H2,1H3,(H,16,17,18). The Morgan fingerprint density at radius 3 is 3.11 bits per heavy atom. The van der Waals surface area contributed by atoms with Gasteiger partial charge in [0.05, 0.1) is 6.10 Å². The van der Waals surface area contributed by atoms with Crippen LogP contribution in [0, 0.1) is 6.92 Å². The highest BCUT2D eigenvalue weighted by Gasteiger charge is 2.15. The molecule has 19 heavy (non-hydrogen) atoms. The zero-order valence-corrected chi connectivity index (χ0v) is 12.7. The number of carbonyl (C=O) groups is 1. The van der Waals surface area contributed by atoms with Gasteiger partial charge in [0.25, 0.3) is 0 Å². The molecule has 0 saturated carbocycles. The summed E-state index contributed by atoms with van der Waals surface area (Å²) < 4.78 is 6.56. The Morgan fingerprint density at radius 2 is 2.42 bits per heavy atom. The number of hydrogen-bond donors (Lipinski definition) is 1. The summed E-state index contributed by atoms with van der Waals surface area (Å²) in [5.74, 6) is 0.610. The normalized spacial score (nSPS) is 19.2. The number of nitrogens with one attached hydrogen (secondary N) is 1. The molecule has 0 radical (unpaired) electrons. The number of nitrogens with zero attached hydrogens (tertiary/aromatic N) is 1. The second-order valence-corrected chi connectivity index (χ2v) is 5.75. The van der Waals surface area contributed by atoms with Gasteiger partial charge in [-0.3, -0.25) is 4.79 Å². The number of pyridine rings is 1. The molecule has 5 heteroatoms. The highest BCUT2D eigenvalue weighted by atomic mass is 79.9. The van der Waals surface area contributed by atoms with Gasteiger partial charge in [-0.25, -0.2) is 4.98 Å². The number of halogens is 1. The van der Waals surface area contributed by atoms with E-state index in [4.69, 9.17) is 4.74 Å². The van der Waals surface area contributed by atoms with Crippen LogP contribution in [0.4, 0.5) is 5.82 Å². The minimum atomic E-state index is 0.00314. The van der Waals surface area contributed by atoms with E-state index in [0.717, 1.165) is 35.9 Å². The molecule has 2 rings (SSSR count). The van der Waals surface area contributed by atoms with Crippen LogP contribution in [-0.4, -0.2) is 23.6 Å². The Kier molecular flexibility index (Phi) is 5.34. The van der Waals surface area contributed by atoms with E-state index in [-0.39, 0.29) is 12.0 Å². The first-order valence-electron chi connectivity index (χ1n) is 6.69. The van der Waals surface area contributed by atoms with Crippen molar-refractivity contribution in [2.45, 2.75) is 45.1 Å². The minimum absolute atomic E-state index is 0.00314. The lowest BCUT2D eigenvalue weighted by Crippen LogP contribution is -2.22. The van der Waals surface area contributed by atoms with Crippen LogP contribution in [-0.2, 0) is 9.53 Å². The molecule has 1 aliphatic heterocycles. The summed E-state index contributed by atoms with van der Waals surface area (Å²) in [4.78, 5) is 16.0. The predicted molar refractivity (Wildman–Crippen MR) is 78.1 cm³/mol. The second kappa shape index (κ2) is 7.01. The summed E-state index contributed by atoms with van der Waals surface area (Å²) in [7, 11) is 0. The molecule has 1 fully saturated rings. The molecule has 1 N–H and O–H groups in total. The van der Waals surface area contributed by atoms with E-state index < -0.39 is 0 Å². The van der Waals surface area contributed by atoms with Gasteiger partial charge in [0.1, 0.15) is 5.82 Å². The number of ether oxygens (including phenoxy) is 1. The average molecular weight is 327 g/mol. The number of carbonyl (C=O) groups excluding carboxylic acids is 1. The molecule has 104 valence electrons. The molecular weight excluding hydrogens is 308 g/mol. The third kappa shape index (κ3) is 4.58. The van der Waals surface area contributed by atoms with Gasteiger partial charge in [0, 0.05) is 23.7 Å². The third-order valence-electron chi connectivity index (χ3n) is 3.28. The molecule has 4 nitrogen and oxygen atoms in total. The molecule has 0 spiro atoms. The van der Waals surface area contributed by atoms with E-state index in [1.165, 1.54) is 6.42 Å². The van der Waals surface area contributed by atoms with Gasteiger partial charge in [-0.1, -0.05) is 0 Å². The summed E-state index contributed by atoms with van der Waals surface area (Å²) >= 11 is 3.39. The lowest BCUT2D eigenvalue weighted by atomic mass is 10.0. The van der Waals surface area contributed by atoms with Crippen molar-refractivity contribution in [2.24, 2.45) is 0 Å². The van der Waals surface area contributed by atoms with Gasteiger partial charge >= 0.3 is 0 Å². The number of hydrogen-bond acceptors (Lipinski definition) is 3. The zero-order valence-electron chi connectivity index (χ0n) is 11.1. The number of aryl methyl sites for hydroxylation is 1. The van der Waals surface area contributed by atoms with E-state index in [1.54, 1.807) is 6.20 Å². The van der Waals surface area contributed by atoms with Gasteiger partial charge in [0.2, 0.25) is 5.91 Å². The molecule has 0 bridgehead atoms. The summed E-state index contributed by atoms with van der Waals surface area (Å²) in [6, 6.07) is 1.86. The average Bonchev–Trinajstić information content (AvgIpc) is 2.42. The van der Waals surface area contributed by atoms with Crippen molar-refractivity contribution in [1.29, 1.82) is 0 Å². The number of rotatable bonds is 4. The van der Waals surface area contributed by atoms with Crippen LogP contribution in [0.1, 0.15) is 37.7 Å². The van der Waals surface area contributed by atoms with Gasteiger partial charge < -0.3 is 10.1 Å². The molecule has 2 heterocycles. The SMILES string of the molecule is Cc1cc(NC(=O)CCC2CCCCO2)ncc1Br. The van der Waals surface area contributed by atoms with Gasteiger partial charge in [-0.05, 0) is 60.2 Å².